The quantitative estimate of drug-likeness (QED) is 0.343. The van der Waals surface area contributed by atoms with Gasteiger partial charge in [-0.25, -0.2) is 4.63 Å². The molecule has 2 heterocycles. The molecule has 2 N–H and O–H groups in total. The predicted molar refractivity (Wildman–Crippen MR) is 45.6 cm³/mol. The van der Waals surface area contributed by atoms with Crippen LogP contribution < -0.4 is 5.36 Å². The van der Waals surface area contributed by atoms with E-state index < -0.39 is 0 Å². The van der Waals surface area contributed by atoms with Crippen molar-refractivity contribution in [2.24, 2.45) is 10.3 Å². The lowest BCUT2D eigenvalue weighted by molar-refractivity contribution is 0.296. The zero-order valence-corrected chi connectivity index (χ0v) is 7.41. The Labute approximate surface area is 84.8 Å². The number of nitrogens with one attached hydrogen (secondary N) is 1. The number of rotatable bonds is 1. The fraction of sp³-hybridized carbons (Fsp3) is 0. The average molecular weight is 222 g/mol. The molecule has 0 radical (unpaired) electrons. The Kier molecular flexibility index (Phi) is 1.52. The third-order valence-electron chi connectivity index (χ3n) is 2.11. The third kappa shape index (κ3) is 0.846. The molecule has 10 nitrogen and oxygen atoms in total. The second kappa shape index (κ2) is 2.85. The summed E-state index contributed by atoms with van der Waals surface area (Å²) in [6, 6.07) is 0. The molecule has 0 fully saturated rings. The van der Waals surface area contributed by atoms with Crippen LogP contribution in [-0.2, 0) is 0 Å². The minimum atomic E-state index is -0.0695. The second-order valence-electron chi connectivity index (χ2n) is 2.86. The minimum Gasteiger partial charge on any atom is -0.410 e. The van der Waals surface area contributed by atoms with Crippen LogP contribution in [0.3, 0.4) is 0 Å². The smallest absolute Gasteiger partial charge is 0.169 e. The minimum absolute atomic E-state index is 0.0105. The standard InChI is InChI=1S/C6H2N6O4/c13-7-1-3-5(11-15-9-3)2(8-14)6-4(1)10-16-12-6/h9,14H/b8-2-. The summed E-state index contributed by atoms with van der Waals surface area (Å²) in [5, 5.41) is 27.5. The van der Waals surface area contributed by atoms with Crippen molar-refractivity contribution < 1.29 is 14.5 Å². The third-order valence-corrected chi connectivity index (χ3v) is 2.11. The van der Waals surface area contributed by atoms with E-state index in [9.17, 15) is 4.91 Å². The largest absolute Gasteiger partial charge is 0.410 e. The molecule has 0 atom stereocenters. The zero-order valence-electron chi connectivity index (χ0n) is 7.41. The van der Waals surface area contributed by atoms with Gasteiger partial charge in [-0.3, -0.25) is 4.63 Å². The van der Waals surface area contributed by atoms with E-state index in [1.807, 2.05) is 0 Å². The first kappa shape index (κ1) is 8.52. The summed E-state index contributed by atoms with van der Waals surface area (Å²) in [6.07, 6.45) is 0. The molecule has 1 aliphatic heterocycles. The molecule has 0 aromatic carbocycles. The maximum atomic E-state index is 10.7. The maximum absolute atomic E-state index is 10.7. The molecule has 16 heavy (non-hydrogen) atoms. The molecule has 0 bridgehead atoms. The highest BCUT2D eigenvalue weighted by Gasteiger charge is 2.25. The van der Waals surface area contributed by atoms with Crippen molar-refractivity contribution in [3.63, 3.8) is 0 Å². The summed E-state index contributed by atoms with van der Waals surface area (Å²) in [5.74, 6) is 0. The second-order valence-corrected chi connectivity index (χ2v) is 2.86. The van der Waals surface area contributed by atoms with Crippen LogP contribution >= 0.6 is 0 Å². The summed E-state index contributed by atoms with van der Waals surface area (Å²) >= 11 is 0. The normalized spacial score (nSPS) is 12.6. The number of nitrogens with zero attached hydrogens (tertiary/aromatic N) is 5. The molecule has 2 aliphatic rings. The molecule has 0 unspecified atom stereocenters. The summed E-state index contributed by atoms with van der Waals surface area (Å²) in [4.78, 5) is 10.7. The Morgan fingerprint density at radius 3 is 2.81 bits per heavy atom. The van der Waals surface area contributed by atoms with Gasteiger partial charge in [0.15, 0.2) is 27.8 Å². The summed E-state index contributed by atoms with van der Waals surface area (Å²) in [6.45, 7) is 0. The molecule has 1 aromatic rings. The Hall–Kier alpha value is -2.78. The van der Waals surface area contributed by atoms with Crippen LogP contribution in [0.4, 0.5) is 5.69 Å². The fourth-order valence-electron chi connectivity index (χ4n) is 1.44. The van der Waals surface area contributed by atoms with Gasteiger partial charge in [0.05, 0.1) is 0 Å². The van der Waals surface area contributed by atoms with Crippen LogP contribution in [-0.4, -0.2) is 25.8 Å². The molecular weight excluding hydrogens is 220 g/mol. The first-order valence-electron chi connectivity index (χ1n) is 4.00. The van der Waals surface area contributed by atoms with E-state index in [1.54, 1.807) is 0 Å². The predicted octanol–water partition coefficient (Wildman–Crippen LogP) is 0.332. The number of aromatic amines is 1. The number of nitroso groups, excluding NO2 is 1. The van der Waals surface area contributed by atoms with E-state index in [1.165, 1.54) is 0 Å². The van der Waals surface area contributed by atoms with Gasteiger partial charge in [0.25, 0.3) is 0 Å². The molecule has 0 spiro atoms. The van der Waals surface area contributed by atoms with Crippen molar-refractivity contribution in [3.8, 4) is 11.4 Å². The van der Waals surface area contributed by atoms with Crippen LogP contribution in [0.1, 0.15) is 0 Å². The first-order valence-corrected chi connectivity index (χ1v) is 4.00. The molecule has 80 valence electrons. The summed E-state index contributed by atoms with van der Waals surface area (Å²) in [5.41, 5.74) is 0.341. The average Bonchev–Trinajstić information content (AvgIpc) is 2.93. The number of hydrogen-bond donors (Lipinski definition) is 2. The van der Waals surface area contributed by atoms with Gasteiger partial charge in [0, 0.05) is 0 Å². The number of aromatic nitrogens is 4. The summed E-state index contributed by atoms with van der Waals surface area (Å²) < 4.78 is 9.01. The molecule has 0 amide bonds. The van der Waals surface area contributed by atoms with E-state index in [0.29, 0.717) is 0 Å². The monoisotopic (exact) mass is 222 g/mol. The van der Waals surface area contributed by atoms with Crippen molar-refractivity contribution in [2.45, 2.75) is 0 Å². The van der Waals surface area contributed by atoms with Gasteiger partial charge >= 0.3 is 0 Å². The number of benzene rings is 1. The lowest BCUT2D eigenvalue weighted by Crippen LogP contribution is -2.09. The molecule has 0 saturated heterocycles. The number of fused-ring (bicyclic) bond motifs is 2. The molecule has 10 heteroatoms. The zero-order chi connectivity index (χ0) is 11.1. The molecule has 3 rings (SSSR count). The van der Waals surface area contributed by atoms with E-state index >= 15 is 0 Å². The van der Waals surface area contributed by atoms with Gasteiger partial charge in [-0.15, -0.1) is 4.91 Å². The lowest BCUT2D eigenvalue weighted by Gasteiger charge is -1.95. The van der Waals surface area contributed by atoms with Crippen molar-refractivity contribution in [3.05, 3.63) is 10.3 Å². The van der Waals surface area contributed by atoms with Crippen LogP contribution in [0.15, 0.2) is 19.6 Å². The fourth-order valence-corrected chi connectivity index (χ4v) is 1.44. The van der Waals surface area contributed by atoms with Crippen LogP contribution in [0.5, 0.6) is 0 Å². The van der Waals surface area contributed by atoms with Crippen molar-refractivity contribution >= 4 is 16.7 Å². The highest BCUT2D eigenvalue weighted by molar-refractivity contribution is 5.95. The number of H-pyrrole nitrogens is 1. The highest BCUT2D eigenvalue weighted by Crippen LogP contribution is 2.32. The van der Waals surface area contributed by atoms with Gasteiger partial charge < -0.3 is 5.21 Å². The van der Waals surface area contributed by atoms with Crippen molar-refractivity contribution in [1.29, 1.82) is 0 Å². The van der Waals surface area contributed by atoms with Crippen molar-refractivity contribution in [2.75, 3.05) is 0 Å². The van der Waals surface area contributed by atoms with Gasteiger partial charge in [-0.2, -0.15) is 5.16 Å². The van der Waals surface area contributed by atoms with E-state index in [4.69, 9.17) is 5.21 Å². The van der Waals surface area contributed by atoms with Crippen LogP contribution in [0, 0.1) is 4.91 Å². The molecular formula is C6H2N6O4. The van der Waals surface area contributed by atoms with Gasteiger partial charge in [0.1, 0.15) is 5.69 Å². The lowest BCUT2D eigenvalue weighted by atomic mass is 10.1. The molecule has 0 saturated carbocycles. The van der Waals surface area contributed by atoms with E-state index in [2.05, 4.69) is 40.2 Å². The Morgan fingerprint density at radius 1 is 1.25 bits per heavy atom. The van der Waals surface area contributed by atoms with Crippen molar-refractivity contribution in [1.82, 2.24) is 20.6 Å². The Morgan fingerprint density at radius 2 is 2.06 bits per heavy atom. The number of hydrogen-bond acceptors (Lipinski definition) is 9. The SMILES string of the molecule is O=Nc1c2[nH]onc-2/c(=N/O)c2nonc12. The maximum Gasteiger partial charge on any atom is 0.169 e. The summed E-state index contributed by atoms with van der Waals surface area (Å²) in [7, 11) is 0. The Bertz CT molecular complexity index is 707. The Balaban J connectivity index is 2.70. The molecule has 1 aliphatic carbocycles. The van der Waals surface area contributed by atoms with E-state index in [-0.39, 0.29) is 33.5 Å². The van der Waals surface area contributed by atoms with Gasteiger partial charge in [0.2, 0.25) is 0 Å². The first-order chi connectivity index (χ1) is 7.86. The van der Waals surface area contributed by atoms with Crippen LogP contribution in [0.25, 0.3) is 22.4 Å². The topological polar surface area (TPSA) is 143 Å². The van der Waals surface area contributed by atoms with Crippen LogP contribution in [0.2, 0.25) is 0 Å². The van der Waals surface area contributed by atoms with E-state index in [0.717, 1.165) is 0 Å². The van der Waals surface area contributed by atoms with Gasteiger partial charge in [-0.05, 0) is 20.6 Å². The van der Waals surface area contributed by atoms with Gasteiger partial charge in [-0.1, -0.05) is 5.16 Å². The molecule has 1 aromatic heterocycles. The highest BCUT2D eigenvalue weighted by atomic mass is 16.6.